The van der Waals surface area contributed by atoms with Crippen LogP contribution in [0.15, 0.2) is 11.1 Å². The van der Waals surface area contributed by atoms with Crippen LogP contribution in [-0.4, -0.2) is 29.0 Å². The molecular formula is C10H19O6P. The second-order valence-corrected chi connectivity index (χ2v) is 4.63. The maximum atomic E-state index is 11.5. The predicted octanol–water partition coefficient (Wildman–Crippen LogP) is 1.78. The number of ether oxygens (including phenoxy) is 1. The molecule has 0 aromatic rings. The minimum absolute atomic E-state index is 0.179. The van der Waals surface area contributed by atoms with Crippen LogP contribution in [0.4, 0.5) is 0 Å². The maximum absolute atomic E-state index is 11.5. The fourth-order valence-electron chi connectivity index (χ4n) is 1.32. The van der Waals surface area contributed by atoms with Gasteiger partial charge in [0, 0.05) is 5.57 Å². The molecule has 0 amide bonds. The number of hydrogen-bond acceptors (Lipinski definition) is 4. The number of esters is 1. The Balaban J connectivity index is 4.11. The fourth-order valence-corrected chi connectivity index (χ4v) is 1.64. The van der Waals surface area contributed by atoms with E-state index in [4.69, 9.17) is 14.5 Å². The summed E-state index contributed by atoms with van der Waals surface area (Å²) >= 11 is 0. The van der Waals surface area contributed by atoms with Crippen LogP contribution < -0.4 is 0 Å². The fraction of sp³-hybridized carbons (Fsp3) is 0.700. The molecule has 0 fully saturated rings. The van der Waals surface area contributed by atoms with Crippen LogP contribution in [0.5, 0.6) is 0 Å². The first-order valence-electron chi connectivity index (χ1n) is 5.37. The minimum atomic E-state index is -4.48. The van der Waals surface area contributed by atoms with Gasteiger partial charge in [-0.3, -0.25) is 4.52 Å². The third-order valence-corrected chi connectivity index (χ3v) is 2.78. The highest BCUT2D eigenvalue weighted by molar-refractivity contribution is 7.46. The van der Waals surface area contributed by atoms with Gasteiger partial charge in [0.2, 0.25) is 0 Å². The maximum Gasteiger partial charge on any atom is 0.469 e. The zero-order valence-electron chi connectivity index (χ0n) is 10.3. The number of hydrogen-bond donors (Lipinski definition) is 2. The summed E-state index contributed by atoms with van der Waals surface area (Å²) in [6, 6.07) is 0. The number of phosphoric ester groups is 1. The van der Waals surface area contributed by atoms with Crippen LogP contribution in [0.2, 0.25) is 0 Å². The van der Waals surface area contributed by atoms with E-state index in [1.807, 2.05) is 13.8 Å². The van der Waals surface area contributed by atoms with Crippen molar-refractivity contribution in [1.82, 2.24) is 0 Å². The molecule has 0 aromatic heterocycles. The quantitative estimate of drug-likeness (QED) is 0.316. The van der Waals surface area contributed by atoms with Gasteiger partial charge in [0.25, 0.3) is 0 Å². The summed E-state index contributed by atoms with van der Waals surface area (Å²) in [4.78, 5) is 28.3. The van der Waals surface area contributed by atoms with Crippen molar-refractivity contribution in [3.05, 3.63) is 11.1 Å². The predicted molar refractivity (Wildman–Crippen MR) is 62.2 cm³/mol. The van der Waals surface area contributed by atoms with Crippen molar-refractivity contribution in [2.75, 3.05) is 13.2 Å². The molecule has 0 atom stereocenters. The van der Waals surface area contributed by atoms with Gasteiger partial charge in [0.05, 0.1) is 6.61 Å². The van der Waals surface area contributed by atoms with E-state index in [1.165, 1.54) is 0 Å². The van der Waals surface area contributed by atoms with E-state index in [1.54, 1.807) is 6.92 Å². The molecule has 7 heteroatoms. The molecule has 6 nitrogen and oxygen atoms in total. The number of rotatable bonds is 7. The van der Waals surface area contributed by atoms with Gasteiger partial charge in [-0.2, -0.15) is 0 Å². The SMILES string of the molecule is CCC(CC)=C(C)C(=O)OCCOP(=O)(O)O. The van der Waals surface area contributed by atoms with Crippen molar-refractivity contribution in [3.63, 3.8) is 0 Å². The first kappa shape index (κ1) is 16.3. The van der Waals surface area contributed by atoms with Crippen LogP contribution in [0.1, 0.15) is 33.6 Å². The molecule has 0 rings (SSSR count). The van der Waals surface area contributed by atoms with E-state index in [-0.39, 0.29) is 13.2 Å². The summed E-state index contributed by atoms with van der Waals surface area (Å²) in [5.74, 6) is -0.474. The molecule has 0 aliphatic rings. The second-order valence-electron chi connectivity index (χ2n) is 3.40. The molecule has 0 saturated carbocycles. The molecule has 2 N–H and O–H groups in total. The summed E-state index contributed by atoms with van der Waals surface area (Å²) in [6.07, 6.45) is 1.55. The number of carbonyl (C=O) groups excluding carboxylic acids is 1. The number of allylic oxidation sites excluding steroid dienone is 1. The third kappa shape index (κ3) is 7.28. The molecule has 17 heavy (non-hydrogen) atoms. The molecule has 0 spiro atoms. The Hall–Kier alpha value is -0.680. The standard InChI is InChI=1S/C10H19O6P/c1-4-9(5-2)8(3)10(11)15-6-7-16-17(12,13)14/h4-7H2,1-3H3,(H2,12,13,14). The first-order valence-corrected chi connectivity index (χ1v) is 6.90. The van der Waals surface area contributed by atoms with Crippen molar-refractivity contribution in [1.29, 1.82) is 0 Å². The van der Waals surface area contributed by atoms with E-state index in [2.05, 4.69) is 4.52 Å². The summed E-state index contributed by atoms with van der Waals surface area (Å²) in [5, 5.41) is 0. The molecule has 0 aliphatic carbocycles. The van der Waals surface area contributed by atoms with Gasteiger partial charge < -0.3 is 14.5 Å². The van der Waals surface area contributed by atoms with Crippen molar-refractivity contribution in [3.8, 4) is 0 Å². The van der Waals surface area contributed by atoms with Crippen LogP contribution in [0.3, 0.4) is 0 Å². The molecule has 0 unspecified atom stereocenters. The lowest BCUT2D eigenvalue weighted by Gasteiger charge is -2.09. The van der Waals surface area contributed by atoms with Gasteiger partial charge in [-0.1, -0.05) is 19.4 Å². The Morgan fingerprint density at radius 1 is 1.18 bits per heavy atom. The van der Waals surface area contributed by atoms with E-state index in [0.717, 1.165) is 18.4 Å². The number of carbonyl (C=O) groups is 1. The molecule has 0 aliphatic heterocycles. The van der Waals surface area contributed by atoms with Gasteiger partial charge in [-0.15, -0.1) is 0 Å². The molecule has 0 bridgehead atoms. The highest BCUT2D eigenvalue weighted by Gasteiger charge is 2.14. The van der Waals surface area contributed by atoms with Crippen LogP contribution in [-0.2, 0) is 18.6 Å². The Morgan fingerprint density at radius 2 is 1.71 bits per heavy atom. The van der Waals surface area contributed by atoms with Crippen LogP contribution >= 0.6 is 7.82 Å². The summed E-state index contributed by atoms with van der Waals surface area (Å²) in [7, 11) is -4.48. The highest BCUT2D eigenvalue weighted by atomic mass is 31.2. The molecule has 0 radical (unpaired) electrons. The smallest absolute Gasteiger partial charge is 0.460 e. The minimum Gasteiger partial charge on any atom is -0.460 e. The zero-order valence-corrected chi connectivity index (χ0v) is 11.2. The largest absolute Gasteiger partial charge is 0.469 e. The summed E-state index contributed by atoms with van der Waals surface area (Å²) < 4.78 is 19.3. The molecule has 0 saturated heterocycles. The monoisotopic (exact) mass is 266 g/mol. The summed E-state index contributed by atoms with van der Waals surface area (Å²) in [6.45, 7) is 5.08. The molecule has 0 heterocycles. The van der Waals surface area contributed by atoms with Gasteiger partial charge >= 0.3 is 13.8 Å². The average molecular weight is 266 g/mol. The Labute approximate surface area is 101 Å². The van der Waals surface area contributed by atoms with Crippen LogP contribution in [0.25, 0.3) is 0 Å². The van der Waals surface area contributed by atoms with Crippen molar-refractivity contribution >= 4 is 13.8 Å². The van der Waals surface area contributed by atoms with E-state index in [9.17, 15) is 9.36 Å². The van der Waals surface area contributed by atoms with Gasteiger partial charge in [-0.25, -0.2) is 9.36 Å². The third-order valence-electron chi connectivity index (χ3n) is 2.27. The number of phosphoric acid groups is 1. The zero-order chi connectivity index (χ0) is 13.5. The normalized spacial score (nSPS) is 11.1. The van der Waals surface area contributed by atoms with E-state index >= 15 is 0 Å². The Bertz CT molecular complexity index is 324. The Morgan fingerprint density at radius 3 is 2.12 bits per heavy atom. The van der Waals surface area contributed by atoms with Crippen molar-refractivity contribution in [2.45, 2.75) is 33.6 Å². The summed E-state index contributed by atoms with van der Waals surface area (Å²) in [5.41, 5.74) is 1.55. The van der Waals surface area contributed by atoms with Gasteiger partial charge in [0.15, 0.2) is 0 Å². The van der Waals surface area contributed by atoms with Crippen LogP contribution in [0, 0.1) is 0 Å². The average Bonchev–Trinajstić information content (AvgIpc) is 2.24. The van der Waals surface area contributed by atoms with Crippen molar-refractivity contribution < 1.29 is 28.4 Å². The lowest BCUT2D eigenvalue weighted by atomic mass is 10.1. The lowest BCUT2D eigenvalue weighted by molar-refractivity contribution is -0.139. The van der Waals surface area contributed by atoms with Crippen molar-refractivity contribution in [2.24, 2.45) is 0 Å². The molecule has 100 valence electrons. The highest BCUT2D eigenvalue weighted by Crippen LogP contribution is 2.35. The van der Waals surface area contributed by atoms with Gasteiger partial charge in [0.1, 0.15) is 6.61 Å². The lowest BCUT2D eigenvalue weighted by Crippen LogP contribution is -2.12. The molecule has 0 aromatic carbocycles. The van der Waals surface area contributed by atoms with Gasteiger partial charge in [-0.05, 0) is 19.8 Å². The van der Waals surface area contributed by atoms with E-state index in [0.29, 0.717) is 5.57 Å². The van der Waals surface area contributed by atoms with E-state index < -0.39 is 13.8 Å². The molecular weight excluding hydrogens is 247 g/mol. The topological polar surface area (TPSA) is 93.1 Å². The Kier molecular flexibility index (Phi) is 7.30. The second kappa shape index (κ2) is 7.61. The first-order chi connectivity index (χ1) is 7.81.